The topological polar surface area (TPSA) is 86.3 Å². The molecule has 14 heavy (non-hydrogen) atoms. The molecule has 0 spiro atoms. The molecular weight excluding hydrogens is 206 g/mol. The normalized spacial score (nSPS) is 14.6. The van der Waals surface area contributed by atoms with E-state index in [2.05, 4.69) is 9.97 Å². The van der Waals surface area contributed by atoms with Crippen molar-refractivity contribution in [2.24, 2.45) is 0 Å². The van der Waals surface area contributed by atoms with Crippen molar-refractivity contribution in [2.45, 2.75) is 18.1 Å². The number of likely N-dealkylation sites (N-methyl/N-ethyl adjacent to an activating group) is 1. The Morgan fingerprint density at radius 1 is 1.71 bits per heavy atom. The van der Waals surface area contributed by atoms with Crippen molar-refractivity contribution in [3.63, 3.8) is 0 Å². The molecule has 80 valence electrons. The molecule has 0 aromatic carbocycles. The maximum Gasteiger partial charge on any atom is 0.259 e. The Bertz CT molecular complexity index is 371. The van der Waals surface area contributed by atoms with Gasteiger partial charge in [0.25, 0.3) is 10.0 Å². The summed E-state index contributed by atoms with van der Waals surface area (Å²) in [5, 5.41) is 9.08. The monoisotopic (exact) mass is 219 g/mol. The molecule has 1 heterocycles. The van der Waals surface area contributed by atoms with Crippen LogP contribution in [0.5, 0.6) is 0 Å². The van der Waals surface area contributed by atoms with Gasteiger partial charge in [0.1, 0.15) is 0 Å². The van der Waals surface area contributed by atoms with E-state index in [0.29, 0.717) is 0 Å². The SMILES string of the molecule is CC(O)CN(C)S(=O)(=O)c1cnc[nH]1. The van der Waals surface area contributed by atoms with E-state index in [1.54, 1.807) is 0 Å². The van der Waals surface area contributed by atoms with Gasteiger partial charge in [-0.1, -0.05) is 0 Å². The molecule has 0 aliphatic rings. The van der Waals surface area contributed by atoms with E-state index in [9.17, 15) is 8.42 Å². The first-order valence-electron chi connectivity index (χ1n) is 4.07. The first-order valence-corrected chi connectivity index (χ1v) is 5.51. The highest BCUT2D eigenvalue weighted by Crippen LogP contribution is 2.09. The van der Waals surface area contributed by atoms with Gasteiger partial charge < -0.3 is 10.1 Å². The Balaban J connectivity index is 2.86. The Morgan fingerprint density at radius 3 is 2.79 bits per heavy atom. The third-order valence-electron chi connectivity index (χ3n) is 1.68. The van der Waals surface area contributed by atoms with Crippen LogP contribution in [-0.4, -0.2) is 47.5 Å². The van der Waals surface area contributed by atoms with E-state index in [4.69, 9.17) is 5.11 Å². The van der Waals surface area contributed by atoms with Crippen LogP contribution in [0.15, 0.2) is 17.6 Å². The molecule has 6 nitrogen and oxygen atoms in total. The summed E-state index contributed by atoms with van der Waals surface area (Å²) in [6.07, 6.45) is 1.83. The lowest BCUT2D eigenvalue weighted by atomic mass is 10.4. The van der Waals surface area contributed by atoms with Crippen molar-refractivity contribution >= 4 is 10.0 Å². The van der Waals surface area contributed by atoms with Gasteiger partial charge in [-0.05, 0) is 6.92 Å². The summed E-state index contributed by atoms with van der Waals surface area (Å²) in [5.74, 6) is 0. The van der Waals surface area contributed by atoms with Crippen molar-refractivity contribution in [3.05, 3.63) is 12.5 Å². The van der Waals surface area contributed by atoms with Gasteiger partial charge in [0.15, 0.2) is 5.03 Å². The molecule has 1 atom stereocenters. The number of aromatic nitrogens is 2. The van der Waals surface area contributed by atoms with Crippen LogP contribution in [0.3, 0.4) is 0 Å². The maximum absolute atomic E-state index is 11.7. The minimum Gasteiger partial charge on any atom is -0.392 e. The van der Waals surface area contributed by atoms with Crippen molar-refractivity contribution in [3.8, 4) is 0 Å². The fourth-order valence-corrected chi connectivity index (χ4v) is 2.17. The molecule has 7 heteroatoms. The maximum atomic E-state index is 11.7. The van der Waals surface area contributed by atoms with Crippen LogP contribution < -0.4 is 0 Å². The Morgan fingerprint density at radius 2 is 2.36 bits per heavy atom. The molecule has 1 unspecified atom stereocenters. The molecule has 0 aliphatic carbocycles. The minimum absolute atomic E-state index is 0.0284. The Kier molecular flexibility index (Phi) is 3.25. The van der Waals surface area contributed by atoms with Crippen molar-refractivity contribution in [1.82, 2.24) is 14.3 Å². The number of H-pyrrole nitrogens is 1. The molecule has 0 fully saturated rings. The fraction of sp³-hybridized carbons (Fsp3) is 0.571. The van der Waals surface area contributed by atoms with Crippen LogP contribution >= 0.6 is 0 Å². The van der Waals surface area contributed by atoms with Gasteiger partial charge in [0, 0.05) is 13.6 Å². The molecule has 0 saturated heterocycles. The second-order valence-electron chi connectivity index (χ2n) is 3.05. The number of hydrogen-bond acceptors (Lipinski definition) is 4. The summed E-state index contributed by atoms with van der Waals surface area (Å²) in [6, 6.07) is 0. The second-order valence-corrected chi connectivity index (χ2v) is 5.06. The molecule has 0 radical (unpaired) electrons. The highest BCUT2D eigenvalue weighted by atomic mass is 32.2. The quantitative estimate of drug-likeness (QED) is 0.708. The predicted octanol–water partition coefficient (Wildman–Crippen LogP) is -0.589. The summed E-state index contributed by atoms with van der Waals surface area (Å²) in [4.78, 5) is 6.14. The molecule has 1 aromatic rings. The minimum atomic E-state index is -3.54. The van der Waals surface area contributed by atoms with Crippen LogP contribution in [-0.2, 0) is 10.0 Å². The van der Waals surface area contributed by atoms with Gasteiger partial charge >= 0.3 is 0 Å². The molecule has 0 amide bonds. The van der Waals surface area contributed by atoms with Gasteiger partial charge in [-0.15, -0.1) is 0 Å². The van der Waals surface area contributed by atoms with E-state index >= 15 is 0 Å². The van der Waals surface area contributed by atoms with Crippen LogP contribution in [0.1, 0.15) is 6.92 Å². The summed E-state index contributed by atoms with van der Waals surface area (Å²) in [6.45, 7) is 1.58. The molecular formula is C7H13N3O3S. The number of aliphatic hydroxyl groups excluding tert-OH is 1. The predicted molar refractivity (Wildman–Crippen MR) is 50.1 cm³/mol. The third kappa shape index (κ3) is 2.31. The molecule has 0 aliphatic heterocycles. The van der Waals surface area contributed by atoms with E-state index in [1.165, 1.54) is 26.5 Å². The number of rotatable bonds is 4. The number of hydrogen-bond donors (Lipinski definition) is 2. The highest BCUT2D eigenvalue weighted by Gasteiger charge is 2.22. The number of nitrogens with one attached hydrogen (secondary N) is 1. The van der Waals surface area contributed by atoms with Gasteiger partial charge in [0.2, 0.25) is 0 Å². The number of imidazole rings is 1. The largest absolute Gasteiger partial charge is 0.392 e. The Hall–Kier alpha value is -0.920. The van der Waals surface area contributed by atoms with Gasteiger partial charge in [-0.3, -0.25) is 0 Å². The number of nitrogens with zero attached hydrogens (tertiary/aromatic N) is 2. The average Bonchev–Trinajstić information content (AvgIpc) is 2.54. The zero-order valence-electron chi connectivity index (χ0n) is 8.01. The lowest BCUT2D eigenvalue weighted by molar-refractivity contribution is 0.171. The van der Waals surface area contributed by atoms with Gasteiger partial charge in [-0.25, -0.2) is 13.4 Å². The molecule has 0 bridgehead atoms. The Labute approximate surface area is 82.6 Å². The first kappa shape index (κ1) is 11.2. The van der Waals surface area contributed by atoms with Crippen molar-refractivity contribution < 1.29 is 13.5 Å². The average molecular weight is 219 g/mol. The molecule has 1 aromatic heterocycles. The standard InChI is InChI=1S/C7H13N3O3S/c1-6(11)4-10(2)14(12,13)7-3-8-5-9-7/h3,5-6,11H,4H2,1-2H3,(H,8,9). The summed E-state index contributed by atoms with van der Waals surface area (Å²) in [7, 11) is -2.13. The number of aliphatic hydroxyl groups is 1. The first-order chi connectivity index (χ1) is 6.44. The summed E-state index contributed by atoms with van der Waals surface area (Å²) < 4.78 is 24.4. The number of sulfonamides is 1. The van der Waals surface area contributed by atoms with Crippen LogP contribution in [0.25, 0.3) is 0 Å². The van der Waals surface area contributed by atoms with Gasteiger partial charge in [-0.2, -0.15) is 4.31 Å². The highest BCUT2D eigenvalue weighted by molar-refractivity contribution is 7.89. The zero-order chi connectivity index (χ0) is 10.8. The van der Waals surface area contributed by atoms with Crippen LogP contribution in [0, 0.1) is 0 Å². The summed E-state index contributed by atoms with van der Waals surface area (Å²) >= 11 is 0. The van der Waals surface area contributed by atoms with Gasteiger partial charge in [0.05, 0.1) is 18.6 Å². The van der Waals surface area contributed by atoms with Crippen LogP contribution in [0.2, 0.25) is 0 Å². The fourth-order valence-electron chi connectivity index (χ4n) is 1.02. The third-order valence-corrected chi connectivity index (χ3v) is 3.43. The van der Waals surface area contributed by atoms with E-state index in [-0.39, 0.29) is 11.6 Å². The van der Waals surface area contributed by atoms with E-state index in [0.717, 1.165) is 4.31 Å². The van der Waals surface area contributed by atoms with Crippen molar-refractivity contribution in [2.75, 3.05) is 13.6 Å². The zero-order valence-corrected chi connectivity index (χ0v) is 8.82. The van der Waals surface area contributed by atoms with E-state index < -0.39 is 16.1 Å². The molecule has 0 saturated carbocycles. The molecule has 2 N–H and O–H groups in total. The van der Waals surface area contributed by atoms with E-state index in [1.807, 2.05) is 0 Å². The van der Waals surface area contributed by atoms with Crippen LogP contribution in [0.4, 0.5) is 0 Å². The summed E-state index contributed by atoms with van der Waals surface area (Å²) in [5.41, 5.74) is 0. The second kappa shape index (κ2) is 4.07. The van der Waals surface area contributed by atoms with Crippen molar-refractivity contribution in [1.29, 1.82) is 0 Å². The lowest BCUT2D eigenvalue weighted by Gasteiger charge is -2.16. The smallest absolute Gasteiger partial charge is 0.259 e. The lowest BCUT2D eigenvalue weighted by Crippen LogP contribution is -2.33. The molecule has 1 rings (SSSR count). The number of aromatic amines is 1.